The summed E-state index contributed by atoms with van der Waals surface area (Å²) in [5, 5.41) is 0. The summed E-state index contributed by atoms with van der Waals surface area (Å²) in [6.45, 7) is 11.1. The molecule has 0 saturated heterocycles. The van der Waals surface area contributed by atoms with E-state index in [4.69, 9.17) is 0 Å². The van der Waals surface area contributed by atoms with Gasteiger partial charge in [-0.1, -0.05) is 25.0 Å². The summed E-state index contributed by atoms with van der Waals surface area (Å²) in [4.78, 5) is 0. The van der Waals surface area contributed by atoms with Crippen molar-refractivity contribution in [2.45, 2.75) is 41.0 Å². The summed E-state index contributed by atoms with van der Waals surface area (Å²) < 4.78 is 1.57. The van der Waals surface area contributed by atoms with Crippen LogP contribution in [0.15, 0.2) is 11.1 Å². The molecule has 0 aliphatic carbocycles. The molecule has 4 heteroatoms. The first-order valence-corrected chi connectivity index (χ1v) is 6.83. The number of hydrogen-bond donors (Lipinski definition) is 0. The predicted molar refractivity (Wildman–Crippen MR) is 73.9 cm³/mol. The third kappa shape index (κ3) is 11.9. The maximum Gasteiger partial charge on any atom is 2.00 e. The molecule has 0 fully saturated rings. The summed E-state index contributed by atoms with van der Waals surface area (Å²) >= 11 is 3.99. The predicted octanol–water partition coefficient (Wildman–Crippen LogP) is 1.35. The van der Waals surface area contributed by atoms with Crippen LogP contribution in [0.3, 0.4) is 0 Å². The minimum atomic E-state index is 0. The molecule has 0 aromatic carbocycles. The van der Waals surface area contributed by atoms with Gasteiger partial charge in [0.1, 0.15) is 0 Å². The Morgan fingerprint density at radius 2 is 1.60 bits per heavy atom. The molecule has 0 radical (unpaired) electrons. The van der Waals surface area contributed by atoms with Crippen LogP contribution in [-0.4, -0.2) is 34.6 Å². The molecule has 0 aliphatic heterocycles. The number of rotatable bonds is 6. The number of halogens is 1. The topological polar surface area (TPSA) is 0 Å². The molecular weight excluding hydrogens is 300 g/mol. The average Bonchev–Trinajstić information content (AvgIpc) is 2.11. The van der Waals surface area contributed by atoms with Crippen LogP contribution in [0.4, 0.5) is 0 Å². The van der Waals surface area contributed by atoms with Gasteiger partial charge in [0.25, 0.3) is 0 Å². The largest absolute Gasteiger partial charge is 2.00 e. The van der Waals surface area contributed by atoms with Gasteiger partial charge in [-0.15, -0.1) is 0 Å². The Hall–Kier alpha value is 1.69. The molecule has 0 atom stereocenters. The van der Waals surface area contributed by atoms with Crippen LogP contribution in [0, 0.1) is 4.58 Å². The number of allylic oxidation sites excluding steroid dienone is 1. The summed E-state index contributed by atoms with van der Waals surface area (Å²) in [7, 11) is 0. The zero-order valence-corrected chi connectivity index (χ0v) is 15.2. The van der Waals surface area contributed by atoms with Crippen LogP contribution in [0.5, 0.6) is 0 Å². The van der Waals surface area contributed by atoms with E-state index in [1.54, 1.807) is 4.58 Å². The van der Waals surface area contributed by atoms with Gasteiger partial charge in [0.15, 0.2) is 0 Å². The third-order valence-corrected chi connectivity index (χ3v) is 4.69. The smallest absolute Gasteiger partial charge is 1.00 e. The van der Waals surface area contributed by atoms with Crippen LogP contribution >= 0.6 is 23.5 Å². The molecule has 0 rings (SSSR count). The van der Waals surface area contributed by atoms with E-state index in [1.165, 1.54) is 29.1 Å². The van der Waals surface area contributed by atoms with Gasteiger partial charge < -0.3 is 40.5 Å². The van der Waals surface area contributed by atoms with Crippen molar-refractivity contribution in [1.82, 2.24) is 0 Å². The van der Waals surface area contributed by atoms with Gasteiger partial charge in [0.2, 0.25) is 0 Å². The second-order valence-corrected chi connectivity index (χ2v) is 5.91. The summed E-state index contributed by atoms with van der Waals surface area (Å²) in [5.74, 6) is 2.36. The molecule has 0 spiro atoms. The standard InChI is InChI=1S/C11H21S2.BrH.Mg/c1-6-11(12-7-2)13-8-10(5)9(3)4;;/h6-8H2,1-5H3;1H;/q-1;;+2/p-1. The van der Waals surface area contributed by atoms with Gasteiger partial charge in [-0.25, -0.2) is 4.58 Å². The fourth-order valence-electron chi connectivity index (χ4n) is 0.740. The monoisotopic (exact) mass is 320 g/mol. The molecule has 0 saturated carbocycles. The van der Waals surface area contributed by atoms with Crippen LogP contribution < -0.4 is 17.0 Å². The molecule has 0 aliphatic rings. The second kappa shape index (κ2) is 13.7. The summed E-state index contributed by atoms with van der Waals surface area (Å²) in [5.41, 5.74) is 2.98. The van der Waals surface area contributed by atoms with Crippen molar-refractivity contribution in [2.75, 3.05) is 11.5 Å². The van der Waals surface area contributed by atoms with Crippen LogP contribution in [0.25, 0.3) is 0 Å². The van der Waals surface area contributed by atoms with Crippen molar-refractivity contribution in [3.05, 3.63) is 15.7 Å². The van der Waals surface area contributed by atoms with Gasteiger partial charge >= 0.3 is 23.1 Å². The fourth-order valence-corrected chi connectivity index (χ4v) is 3.00. The SMILES string of the molecule is CCS[C-](CC)SCC(C)=C(C)C.[Br-].[Mg+2]. The Kier molecular flexibility index (Phi) is 20.1. The normalized spacial score (nSPS) is 9.20. The van der Waals surface area contributed by atoms with E-state index < -0.39 is 0 Å². The first-order valence-electron chi connectivity index (χ1n) is 4.86. The Labute approximate surface area is 131 Å². The van der Waals surface area contributed by atoms with E-state index >= 15 is 0 Å². The zero-order valence-electron chi connectivity index (χ0n) is 10.5. The molecule has 0 aromatic rings. The second-order valence-electron chi connectivity index (χ2n) is 3.23. The zero-order chi connectivity index (χ0) is 10.3. The van der Waals surface area contributed by atoms with Crippen LogP contribution in [0.2, 0.25) is 0 Å². The minimum Gasteiger partial charge on any atom is -1.00 e. The van der Waals surface area contributed by atoms with Gasteiger partial charge in [-0.3, -0.25) is 0 Å². The van der Waals surface area contributed by atoms with E-state index in [1.807, 2.05) is 23.5 Å². The maximum atomic E-state index is 2.24. The Morgan fingerprint density at radius 1 is 1.07 bits per heavy atom. The molecule has 0 bridgehead atoms. The van der Waals surface area contributed by atoms with E-state index in [2.05, 4.69) is 34.6 Å². The quantitative estimate of drug-likeness (QED) is 0.411. The van der Waals surface area contributed by atoms with Gasteiger partial charge in [0.05, 0.1) is 0 Å². The van der Waals surface area contributed by atoms with Crippen molar-refractivity contribution >= 4 is 46.6 Å². The number of thioether (sulfide) groups is 2. The van der Waals surface area contributed by atoms with E-state index in [-0.39, 0.29) is 40.0 Å². The third-order valence-electron chi connectivity index (χ3n) is 1.90. The summed E-state index contributed by atoms with van der Waals surface area (Å²) in [6.07, 6.45) is 1.19. The number of hydrogen-bond acceptors (Lipinski definition) is 2. The van der Waals surface area contributed by atoms with Crippen molar-refractivity contribution in [2.24, 2.45) is 0 Å². The first kappa shape index (κ1) is 21.9. The van der Waals surface area contributed by atoms with Gasteiger partial charge in [0, 0.05) is 0 Å². The molecule has 0 heterocycles. The first-order chi connectivity index (χ1) is 6.11. The fraction of sp³-hybridized carbons (Fsp3) is 0.727. The molecule has 0 aromatic heterocycles. The van der Waals surface area contributed by atoms with E-state index in [9.17, 15) is 0 Å². The minimum absolute atomic E-state index is 0. The molecule has 0 amide bonds. The van der Waals surface area contributed by atoms with Crippen molar-refractivity contribution in [1.29, 1.82) is 0 Å². The Balaban J connectivity index is -0.000000720. The van der Waals surface area contributed by atoms with Crippen molar-refractivity contribution < 1.29 is 17.0 Å². The molecule has 0 nitrogen and oxygen atoms in total. The molecule has 15 heavy (non-hydrogen) atoms. The van der Waals surface area contributed by atoms with Crippen LogP contribution in [-0.2, 0) is 0 Å². The van der Waals surface area contributed by atoms with Gasteiger partial charge in [-0.2, -0.15) is 6.42 Å². The van der Waals surface area contributed by atoms with Crippen LogP contribution in [0.1, 0.15) is 41.0 Å². The Morgan fingerprint density at radius 3 is 1.93 bits per heavy atom. The summed E-state index contributed by atoms with van der Waals surface area (Å²) in [6, 6.07) is 0. The van der Waals surface area contributed by atoms with Crippen molar-refractivity contribution in [3.8, 4) is 0 Å². The molecule has 0 unspecified atom stereocenters. The van der Waals surface area contributed by atoms with E-state index in [0.717, 1.165) is 0 Å². The van der Waals surface area contributed by atoms with E-state index in [0.29, 0.717) is 0 Å². The van der Waals surface area contributed by atoms with Crippen molar-refractivity contribution in [3.63, 3.8) is 0 Å². The molecular formula is C11H21BrMgS2. The average molecular weight is 322 g/mol. The Bertz CT molecular complexity index is 168. The van der Waals surface area contributed by atoms with Gasteiger partial charge in [-0.05, 0) is 32.3 Å². The molecule has 86 valence electrons. The maximum absolute atomic E-state index is 2.24. The molecule has 0 N–H and O–H groups in total.